The molecule has 3 nitrogen and oxygen atoms in total. The molecule has 0 aromatic carbocycles. The number of methoxy groups -OCH3 is 1. The predicted octanol–water partition coefficient (Wildman–Crippen LogP) is 3.30. The molecule has 3 saturated carbocycles. The van der Waals surface area contributed by atoms with Gasteiger partial charge in [0, 0.05) is 12.5 Å². The molecule has 2 N–H and O–H groups in total. The van der Waals surface area contributed by atoms with Crippen molar-refractivity contribution >= 4 is 0 Å². The summed E-state index contributed by atoms with van der Waals surface area (Å²) in [6.45, 7) is 3.14. The van der Waals surface area contributed by atoms with E-state index in [4.69, 9.17) is 4.74 Å². The fraction of sp³-hybridized carbons (Fsp3) is 0.900. The second-order valence-corrected chi connectivity index (χ2v) is 8.97. The van der Waals surface area contributed by atoms with Crippen LogP contribution >= 0.6 is 0 Å². The molecule has 3 fully saturated rings. The van der Waals surface area contributed by atoms with E-state index < -0.39 is 0 Å². The van der Waals surface area contributed by atoms with Gasteiger partial charge in [0.2, 0.25) is 0 Å². The van der Waals surface area contributed by atoms with Crippen molar-refractivity contribution in [3.8, 4) is 0 Å². The Balaban J connectivity index is 1.70. The lowest BCUT2D eigenvalue weighted by atomic mass is 9.47. The summed E-state index contributed by atoms with van der Waals surface area (Å²) in [5.41, 5.74) is 1.77. The van der Waals surface area contributed by atoms with E-state index in [1.54, 1.807) is 0 Å². The molecule has 23 heavy (non-hydrogen) atoms. The van der Waals surface area contributed by atoms with Crippen LogP contribution in [0, 0.1) is 28.6 Å². The highest BCUT2D eigenvalue weighted by atomic mass is 16.5. The van der Waals surface area contributed by atoms with Crippen LogP contribution in [0.5, 0.6) is 0 Å². The van der Waals surface area contributed by atoms with Crippen molar-refractivity contribution in [2.45, 2.75) is 70.5 Å². The van der Waals surface area contributed by atoms with E-state index in [2.05, 4.69) is 13.0 Å². The van der Waals surface area contributed by atoms with E-state index >= 15 is 0 Å². The Kier molecular flexibility index (Phi) is 3.90. The van der Waals surface area contributed by atoms with Crippen LogP contribution < -0.4 is 0 Å². The maximum absolute atomic E-state index is 10.5. The fourth-order valence-corrected chi connectivity index (χ4v) is 6.94. The van der Waals surface area contributed by atoms with Gasteiger partial charge in [-0.2, -0.15) is 0 Å². The molecule has 0 unspecified atom stereocenters. The van der Waals surface area contributed by atoms with Gasteiger partial charge in [-0.25, -0.2) is 0 Å². The number of aliphatic hydroxyl groups excluding tert-OH is 2. The number of allylic oxidation sites excluding steroid dienone is 1. The number of hydrogen-bond acceptors (Lipinski definition) is 3. The van der Waals surface area contributed by atoms with Crippen LogP contribution in [0.25, 0.3) is 0 Å². The second kappa shape index (κ2) is 5.57. The normalized spacial score (nSPS) is 52.3. The van der Waals surface area contributed by atoms with Gasteiger partial charge in [-0.3, -0.25) is 0 Å². The first-order chi connectivity index (χ1) is 11.0. The Morgan fingerprint density at radius 2 is 1.96 bits per heavy atom. The van der Waals surface area contributed by atoms with Crippen molar-refractivity contribution < 1.29 is 14.9 Å². The third kappa shape index (κ3) is 2.19. The molecule has 0 amide bonds. The van der Waals surface area contributed by atoms with Gasteiger partial charge in [0.25, 0.3) is 0 Å². The molecule has 4 rings (SSSR count). The standard InChI is InChI=1S/C20H32O3/c1-19-9-8-17-15(16(19)5-6-18(19)22)4-3-13-11-14(21)7-10-20(13,17)12-23-2/h3,14-18,21-22H,4-12H2,1-2H3/t14-,15-,16-,17-,18-,19-,20+/m0/s1. The summed E-state index contributed by atoms with van der Waals surface area (Å²) in [7, 11) is 1.83. The fourth-order valence-electron chi connectivity index (χ4n) is 6.94. The van der Waals surface area contributed by atoms with Crippen molar-refractivity contribution in [2.75, 3.05) is 13.7 Å². The number of hydrogen-bond donors (Lipinski definition) is 2. The molecule has 3 heteroatoms. The summed E-state index contributed by atoms with van der Waals surface area (Å²) in [5, 5.41) is 20.7. The Morgan fingerprint density at radius 3 is 2.74 bits per heavy atom. The van der Waals surface area contributed by atoms with Crippen molar-refractivity contribution in [3.05, 3.63) is 11.6 Å². The molecular formula is C20H32O3. The quantitative estimate of drug-likeness (QED) is 0.768. The van der Waals surface area contributed by atoms with Crippen molar-refractivity contribution in [1.82, 2.24) is 0 Å². The van der Waals surface area contributed by atoms with Crippen LogP contribution in [0.3, 0.4) is 0 Å². The Labute approximate surface area is 140 Å². The lowest BCUT2D eigenvalue weighted by Crippen LogP contribution is -2.53. The molecule has 4 aliphatic carbocycles. The van der Waals surface area contributed by atoms with Crippen LogP contribution in [0.1, 0.15) is 58.3 Å². The summed E-state index contributed by atoms with van der Waals surface area (Å²) in [6.07, 6.45) is 10.7. The minimum Gasteiger partial charge on any atom is -0.393 e. The van der Waals surface area contributed by atoms with Crippen molar-refractivity contribution in [3.63, 3.8) is 0 Å². The number of ether oxygens (including phenoxy) is 1. The molecule has 0 heterocycles. The second-order valence-electron chi connectivity index (χ2n) is 8.97. The zero-order chi connectivity index (χ0) is 16.2. The predicted molar refractivity (Wildman–Crippen MR) is 89.9 cm³/mol. The van der Waals surface area contributed by atoms with Crippen LogP contribution in [0.4, 0.5) is 0 Å². The van der Waals surface area contributed by atoms with E-state index in [-0.39, 0.29) is 23.0 Å². The molecule has 130 valence electrons. The minimum atomic E-state index is -0.162. The lowest BCUT2D eigenvalue weighted by Gasteiger charge is -2.58. The summed E-state index contributed by atoms with van der Waals surface area (Å²) in [5.74, 6) is 2.04. The van der Waals surface area contributed by atoms with Gasteiger partial charge in [0.05, 0.1) is 18.8 Å². The van der Waals surface area contributed by atoms with Gasteiger partial charge in [-0.1, -0.05) is 18.6 Å². The largest absolute Gasteiger partial charge is 0.393 e. The van der Waals surface area contributed by atoms with Gasteiger partial charge < -0.3 is 14.9 Å². The van der Waals surface area contributed by atoms with Crippen molar-refractivity contribution in [1.29, 1.82) is 0 Å². The Hall–Kier alpha value is -0.380. The lowest BCUT2D eigenvalue weighted by molar-refractivity contribution is -0.0935. The number of fused-ring (bicyclic) bond motifs is 5. The summed E-state index contributed by atoms with van der Waals surface area (Å²) in [6, 6.07) is 0. The molecule has 0 saturated heterocycles. The van der Waals surface area contributed by atoms with Crippen LogP contribution in [0.15, 0.2) is 11.6 Å². The van der Waals surface area contributed by atoms with E-state index in [1.165, 1.54) is 18.4 Å². The van der Waals surface area contributed by atoms with E-state index in [0.29, 0.717) is 17.8 Å². The van der Waals surface area contributed by atoms with E-state index in [1.807, 2.05) is 7.11 Å². The van der Waals surface area contributed by atoms with Crippen LogP contribution in [0.2, 0.25) is 0 Å². The van der Waals surface area contributed by atoms with E-state index in [0.717, 1.165) is 45.1 Å². The van der Waals surface area contributed by atoms with Gasteiger partial charge in [-0.15, -0.1) is 0 Å². The molecule has 0 aromatic rings. The molecule has 0 bridgehead atoms. The van der Waals surface area contributed by atoms with E-state index in [9.17, 15) is 10.2 Å². The highest BCUT2D eigenvalue weighted by Crippen LogP contribution is 2.64. The monoisotopic (exact) mass is 320 g/mol. The SMILES string of the molecule is COC[C@]12CC[C@H](O)CC1=CC[C@@H]1[C@@H]2CC[C@]2(C)[C@@H](O)CC[C@@H]12. The first-order valence-corrected chi connectivity index (χ1v) is 9.56. The van der Waals surface area contributed by atoms with Gasteiger partial charge in [0.15, 0.2) is 0 Å². The third-order valence-corrected chi connectivity index (χ3v) is 8.15. The average Bonchev–Trinajstić information content (AvgIpc) is 2.84. The molecule has 4 aliphatic rings. The third-order valence-electron chi connectivity index (χ3n) is 8.15. The van der Waals surface area contributed by atoms with Crippen LogP contribution in [-0.4, -0.2) is 36.1 Å². The summed E-state index contributed by atoms with van der Waals surface area (Å²) < 4.78 is 5.71. The summed E-state index contributed by atoms with van der Waals surface area (Å²) >= 11 is 0. The van der Waals surface area contributed by atoms with Gasteiger partial charge in [0.1, 0.15) is 0 Å². The van der Waals surface area contributed by atoms with Gasteiger partial charge >= 0.3 is 0 Å². The molecule has 0 radical (unpaired) electrons. The highest BCUT2D eigenvalue weighted by Gasteiger charge is 2.59. The zero-order valence-electron chi connectivity index (χ0n) is 14.6. The number of aliphatic hydroxyl groups is 2. The van der Waals surface area contributed by atoms with Gasteiger partial charge in [-0.05, 0) is 74.5 Å². The molecule has 0 aromatic heterocycles. The Bertz CT molecular complexity index is 501. The smallest absolute Gasteiger partial charge is 0.0596 e. The number of rotatable bonds is 2. The maximum Gasteiger partial charge on any atom is 0.0596 e. The van der Waals surface area contributed by atoms with Crippen molar-refractivity contribution in [2.24, 2.45) is 28.6 Å². The topological polar surface area (TPSA) is 49.7 Å². The molecular weight excluding hydrogens is 288 g/mol. The maximum atomic E-state index is 10.5. The molecule has 7 atom stereocenters. The molecule has 0 aliphatic heterocycles. The Morgan fingerprint density at radius 1 is 1.13 bits per heavy atom. The first kappa shape index (κ1) is 16.1. The summed E-state index contributed by atoms with van der Waals surface area (Å²) in [4.78, 5) is 0. The minimum absolute atomic E-state index is 0.106. The van der Waals surface area contributed by atoms with Crippen LogP contribution in [-0.2, 0) is 4.74 Å². The zero-order valence-corrected chi connectivity index (χ0v) is 14.6. The average molecular weight is 320 g/mol. The first-order valence-electron chi connectivity index (χ1n) is 9.56. The molecule has 0 spiro atoms. The highest BCUT2D eigenvalue weighted by molar-refractivity contribution is 5.26.